The van der Waals surface area contributed by atoms with Gasteiger partial charge in [0.25, 0.3) is 0 Å². The Bertz CT molecular complexity index is 826. The fourth-order valence-corrected chi connectivity index (χ4v) is 5.03. The Morgan fingerprint density at radius 1 is 1.06 bits per heavy atom. The van der Waals surface area contributed by atoms with Crippen molar-refractivity contribution >= 4 is 17.7 Å². The van der Waals surface area contributed by atoms with Crippen molar-refractivity contribution in [3.63, 3.8) is 0 Å². The smallest absolute Gasteiger partial charge is 0.475 e. The van der Waals surface area contributed by atoms with Crippen LogP contribution in [0.3, 0.4) is 0 Å². The molecule has 0 aromatic carbocycles. The molecule has 2 aliphatic carbocycles. The normalized spacial score (nSPS) is 22.6. The Kier molecular flexibility index (Phi) is 9.55. The van der Waals surface area contributed by atoms with Crippen molar-refractivity contribution in [3.8, 4) is 0 Å². The first kappa shape index (κ1) is 26.2. The number of alkyl halides is 3. The van der Waals surface area contributed by atoms with Gasteiger partial charge in [-0.05, 0) is 50.9 Å². The van der Waals surface area contributed by atoms with E-state index < -0.39 is 12.1 Å². The van der Waals surface area contributed by atoms with Crippen molar-refractivity contribution in [2.24, 2.45) is 11.8 Å². The number of nitrogens with zero attached hydrogens (tertiary/aromatic N) is 3. The number of hydrogen-bond donors (Lipinski definition) is 2. The molecule has 10 heteroatoms. The molecule has 1 saturated heterocycles. The van der Waals surface area contributed by atoms with Crippen molar-refractivity contribution < 1.29 is 27.9 Å². The van der Waals surface area contributed by atoms with Gasteiger partial charge in [0, 0.05) is 31.6 Å². The molecule has 1 aliphatic heterocycles. The number of piperidine rings is 1. The van der Waals surface area contributed by atoms with Crippen LogP contribution < -0.4 is 5.32 Å². The Hall–Kier alpha value is -2.36. The highest BCUT2D eigenvalue weighted by Gasteiger charge is 2.38. The van der Waals surface area contributed by atoms with Gasteiger partial charge in [0.1, 0.15) is 5.82 Å². The van der Waals surface area contributed by atoms with Crippen LogP contribution in [0, 0.1) is 11.8 Å². The van der Waals surface area contributed by atoms with Gasteiger partial charge in [0.05, 0.1) is 12.2 Å². The summed E-state index contributed by atoms with van der Waals surface area (Å²) in [6.07, 6.45) is 13.2. The maximum absolute atomic E-state index is 12.6. The lowest BCUT2D eigenvalue weighted by Crippen LogP contribution is -2.38. The van der Waals surface area contributed by atoms with Crippen molar-refractivity contribution in [3.05, 3.63) is 24.4 Å². The Balaban J connectivity index is 0.000000406. The molecule has 1 saturated carbocycles. The lowest BCUT2D eigenvalue weighted by molar-refractivity contribution is -0.192. The van der Waals surface area contributed by atoms with Crippen LogP contribution in [0.15, 0.2) is 24.4 Å². The summed E-state index contributed by atoms with van der Waals surface area (Å²) >= 11 is 0. The lowest BCUT2D eigenvalue weighted by Gasteiger charge is -2.35. The van der Waals surface area contributed by atoms with Crippen LogP contribution in [0.5, 0.6) is 0 Å². The van der Waals surface area contributed by atoms with E-state index in [0.29, 0.717) is 6.04 Å². The second-order valence-corrected chi connectivity index (χ2v) is 9.47. The second kappa shape index (κ2) is 12.4. The highest BCUT2D eigenvalue weighted by atomic mass is 19.4. The summed E-state index contributed by atoms with van der Waals surface area (Å²) < 4.78 is 33.8. The summed E-state index contributed by atoms with van der Waals surface area (Å²) in [5.41, 5.74) is 0. The zero-order valence-corrected chi connectivity index (χ0v) is 19.5. The quantitative estimate of drug-likeness (QED) is 0.573. The summed E-state index contributed by atoms with van der Waals surface area (Å²) in [6.45, 7) is 3.52. The molecular formula is C24H35F3N4O3. The Labute approximate surface area is 198 Å². The van der Waals surface area contributed by atoms with Gasteiger partial charge in [-0.3, -0.25) is 4.79 Å². The maximum atomic E-state index is 12.6. The van der Waals surface area contributed by atoms with Crippen LogP contribution in [0.25, 0.3) is 0 Å². The first-order valence-corrected chi connectivity index (χ1v) is 12.3. The maximum Gasteiger partial charge on any atom is 0.490 e. The molecule has 1 aromatic rings. The average molecular weight is 485 g/mol. The molecule has 3 aliphatic rings. The Morgan fingerprint density at radius 2 is 1.74 bits per heavy atom. The summed E-state index contributed by atoms with van der Waals surface area (Å²) in [7, 11) is 0. The number of nitrogens with one attached hydrogen (secondary N) is 1. The minimum absolute atomic E-state index is 0.188. The van der Waals surface area contributed by atoms with Crippen LogP contribution >= 0.6 is 0 Å². The zero-order chi connectivity index (χ0) is 24.6. The molecule has 0 radical (unpaired) electrons. The lowest BCUT2D eigenvalue weighted by atomic mass is 9.89. The number of hydrogen-bond acceptors (Lipinski definition) is 4. The molecular weight excluding hydrogens is 449 g/mol. The molecule has 1 amide bonds. The fraction of sp³-hybridized carbons (Fsp3) is 0.708. The van der Waals surface area contributed by atoms with E-state index in [1.165, 1.54) is 45.1 Å². The number of aliphatic carboxylic acids is 1. The molecule has 1 atom stereocenters. The van der Waals surface area contributed by atoms with E-state index in [0.717, 1.165) is 50.5 Å². The van der Waals surface area contributed by atoms with E-state index in [-0.39, 0.29) is 11.8 Å². The monoisotopic (exact) mass is 484 g/mol. The van der Waals surface area contributed by atoms with E-state index in [1.54, 1.807) is 0 Å². The van der Waals surface area contributed by atoms with Crippen LogP contribution in [-0.2, 0) is 9.59 Å². The molecule has 1 unspecified atom stereocenters. The number of anilines is 1. The molecule has 7 nitrogen and oxygen atoms in total. The molecule has 1 aromatic heterocycles. The SMILES string of the molecule is O=C(Nc1ccnn1C1CCN(CC2CC=CCC2)CC1)C1CCCCC1.O=C(O)C(F)(F)F. The third-order valence-corrected chi connectivity index (χ3v) is 6.94. The van der Waals surface area contributed by atoms with Gasteiger partial charge in [-0.2, -0.15) is 18.3 Å². The predicted octanol–water partition coefficient (Wildman–Crippen LogP) is 5.03. The topological polar surface area (TPSA) is 87.5 Å². The average Bonchev–Trinajstić information content (AvgIpc) is 3.28. The van der Waals surface area contributed by atoms with Crippen LogP contribution in [0.4, 0.5) is 19.0 Å². The molecule has 0 bridgehead atoms. The number of halogens is 3. The van der Waals surface area contributed by atoms with Crippen LogP contribution in [0.1, 0.15) is 70.3 Å². The molecule has 2 N–H and O–H groups in total. The number of carboxylic acids is 1. The van der Waals surface area contributed by atoms with E-state index in [4.69, 9.17) is 9.90 Å². The first-order chi connectivity index (χ1) is 16.2. The highest BCUT2D eigenvalue weighted by Crippen LogP contribution is 2.29. The van der Waals surface area contributed by atoms with Gasteiger partial charge < -0.3 is 15.3 Å². The van der Waals surface area contributed by atoms with Crippen molar-refractivity contribution in [2.45, 2.75) is 76.4 Å². The number of rotatable bonds is 5. The minimum Gasteiger partial charge on any atom is -0.475 e. The van der Waals surface area contributed by atoms with Crippen LogP contribution in [-0.4, -0.2) is 57.5 Å². The van der Waals surface area contributed by atoms with Gasteiger partial charge in [0.2, 0.25) is 5.91 Å². The second-order valence-electron chi connectivity index (χ2n) is 9.47. The van der Waals surface area contributed by atoms with Gasteiger partial charge in [0.15, 0.2) is 0 Å². The van der Waals surface area contributed by atoms with Crippen molar-refractivity contribution in [2.75, 3.05) is 25.0 Å². The standard InChI is InChI=1S/C22H34N4O.C2HF3O2/c27-22(19-9-5-2-6-10-19)24-21-11-14-23-26(21)20-12-15-25(16-13-20)17-18-7-3-1-4-8-18;3-2(4,5)1(6)7/h1,3,11,14,18-20H,2,4-10,12-13,15-17H2,(H,24,27);(H,6,7). The van der Waals surface area contributed by atoms with Gasteiger partial charge >= 0.3 is 12.1 Å². The number of carbonyl (C=O) groups excluding carboxylic acids is 1. The van der Waals surface area contributed by atoms with E-state index >= 15 is 0 Å². The predicted molar refractivity (Wildman–Crippen MR) is 122 cm³/mol. The summed E-state index contributed by atoms with van der Waals surface area (Å²) in [4.78, 5) is 24.1. The number of likely N-dealkylation sites (tertiary alicyclic amines) is 1. The molecule has 4 rings (SSSR count). The summed E-state index contributed by atoms with van der Waals surface area (Å²) in [5, 5.41) is 14.9. The number of allylic oxidation sites excluding steroid dienone is 2. The Morgan fingerprint density at radius 3 is 2.32 bits per heavy atom. The minimum atomic E-state index is -5.08. The van der Waals surface area contributed by atoms with Gasteiger partial charge in [-0.25, -0.2) is 9.48 Å². The van der Waals surface area contributed by atoms with Crippen molar-refractivity contribution in [1.29, 1.82) is 0 Å². The first-order valence-electron chi connectivity index (χ1n) is 12.3. The zero-order valence-electron chi connectivity index (χ0n) is 19.5. The molecule has 190 valence electrons. The van der Waals surface area contributed by atoms with E-state index in [2.05, 4.69) is 32.1 Å². The largest absolute Gasteiger partial charge is 0.490 e. The number of aromatic nitrogens is 2. The molecule has 2 heterocycles. The highest BCUT2D eigenvalue weighted by molar-refractivity contribution is 5.91. The number of amides is 1. The molecule has 0 spiro atoms. The molecule has 34 heavy (non-hydrogen) atoms. The van der Waals surface area contributed by atoms with E-state index in [1.807, 2.05) is 12.3 Å². The van der Waals surface area contributed by atoms with Crippen LogP contribution in [0.2, 0.25) is 0 Å². The van der Waals surface area contributed by atoms with Crippen molar-refractivity contribution in [1.82, 2.24) is 14.7 Å². The van der Waals surface area contributed by atoms with Gasteiger partial charge in [-0.1, -0.05) is 31.4 Å². The van der Waals surface area contributed by atoms with Gasteiger partial charge in [-0.15, -0.1) is 0 Å². The summed E-state index contributed by atoms with van der Waals surface area (Å²) in [6, 6.07) is 2.37. The fourth-order valence-electron chi connectivity index (χ4n) is 5.03. The third-order valence-electron chi connectivity index (χ3n) is 6.94. The number of carbonyl (C=O) groups is 2. The van der Waals surface area contributed by atoms with E-state index in [9.17, 15) is 18.0 Å². The number of carboxylic acid groups (broad SMARTS) is 1. The third kappa shape index (κ3) is 7.85. The molecule has 2 fully saturated rings. The summed E-state index contributed by atoms with van der Waals surface area (Å²) in [5.74, 6) is -0.650.